The minimum absolute atomic E-state index is 0.217. The van der Waals surface area contributed by atoms with Crippen LogP contribution in [0.15, 0.2) is 48.5 Å². The van der Waals surface area contributed by atoms with E-state index < -0.39 is 0 Å². The molecule has 1 amide bonds. The first-order valence-electron chi connectivity index (χ1n) is 8.39. The van der Waals surface area contributed by atoms with E-state index in [4.69, 9.17) is 23.2 Å². The van der Waals surface area contributed by atoms with Crippen molar-refractivity contribution in [3.63, 3.8) is 0 Å². The Kier molecular flexibility index (Phi) is 5.82. The molecule has 1 heterocycles. The fraction of sp³-hybridized carbons (Fsp3) is 0.200. The first-order valence-corrected chi connectivity index (χ1v) is 9.14. The topological polar surface area (TPSA) is 46.9 Å². The van der Waals surface area contributed by atoms with E-state index in [-0.39, 0.29) is 22.9 Å². The Hall–Kier alpha value is -2.37. The van der Waals surface area contributed by atoms with Gasteiger partial charge >= 0.3 is 0 Å². The molecular formula is C20H18Cl2FN3O. The summed E-state index contributed by atoms with van der Waals surface area (Å²) >= 11 is 12.3. The second-order valence-electron chi connectivity index (χ2n) is 6.28. The van der Waals surface area contributed by atoms with Crippen molar-refractivity contribution < 1.29 is 9.18 Å². The van der Waals surface area contributed by atoms with Crippen molar-refractivity contribution in [3.8, 4) is 0 Å². The van der Waals surface area contributed by atoms with Gasteiger partial charge in [-0.2, -0.15) is 5.10 Å². The minimum atomic E-state index is -0.308. The van der Waals surface area contributed by atoms with E-state index in [1.54, 1.807) is 31.2 Å². The molecular weight excluding hydrogens is 388 g/mol. The Labute approximate surface area is 166 Å². The SMILES string of the molecule is Cc1nn(Cc2ccc(F)cc2)c(Cl)c1C(=O)NC(C)c1ccc(Cl)cc1. The van der Waals surface area contributed by atoms with Crippen molar-refractivity contribution >= 4 is 29.1 Å². The number of benzene rings is 2. The van der Waals surface area contributed by atoms with Crippen LogP contribution in [0.2, 0.25) is 10.2 Å². The van der Waals surface area contributed by atoms with Crippen LogP contribution in [-0.4, -0.2) is 15.7 Å². The number of halogens is 3. The highest BCUT2D eigenvalue weighted by Gasteiger charge is 2.22. The predicted octanol–water partition coefficient (Wildman–Crippen LogP) is 5.18. The summed E-state index contributed by atoms with van der Waals surface area (Å²) in [4.78, 5) is 12.7. The lowest BCUT2D eigenvalue weighted by molar-refractivity contribution is 0.0939. The Morgan fingerprint density at radius 3 is 2.41 bits per heavy atom. The van der Waals surface area contributed by atoms with Crippen LogP contribution >= 0.6 is 23.2 Å². The highest BCUT2D eigenvalue weighted by molar-refractivity contribution is 6.33. The first-order chi connectivity index (χ1) is 12.8. The summed E-state index contributed by atoms with van der Waals surface area (Å²) in [5.74, 6) is -0.608. The van der Waals surface area contributed by atoms with Crippen LogP contribution in [-0.2, 0) is 6.54 Å². The molecule has 0 fully saturated rings. The molecule has 0 spiro atoms. The lowest BCUT2D eigenvalue weighted by Crippen LogP contribution is -2.27. The molecule has 140 valence electrons. The van der Waals surface area contributed by atoms with Gasteiger partial charge in [-0.15, -0.1) is 0 Å². The third kappa shape index (κ3) is 4.49. The number of hydrogen-bond acceptors (Lipinski definition) is 2. The van der Waals surface area contributed by atoms with E-state index in [9.17, 15) is 9.18 Å². The number of carbonyl (C=O) groups is 1. The molecule has 3 rings (SSSR count). The number of aryl methyl sites for hydroxylation is 1. The van der Waals surface area contributed by atoms with Crippen LogP contribution in [0.4, 0.5) is 4.39 Å². The summed E-state index contributed by atoms with van der Waals surface area (Å²) in [6, 6.07) is 13.1. The maximum Gasteiger partial charge on any atom is 0.256 e. The maximum atomic E-state index is 13.1. The van der Waals surface area contributed by atoms with Crippen LogP contribution in [0, 0.1) is 12.7 Å². The zero-order chi connectivity index (χ0) is 19.6. The molecule has 7 heteroatoms. The van der Waals surface area contributed by atoms with Crippen molar-refractivity contribution in [2.24, 2.45) is 0 Å². The Balaban J connectivity index is 1.77. The molecule has 4 nitrogen and oxygen atoms in total. The van der Waals surface area contributed by atoms with Crippen LogP contribution in [0.25, 0.3) is 0 Å². The van der Waals surface area contributed by atoms with Gasteiger partial charge < -0.3 is 5.32 Å². The lowest BCUT2D eigenvalue weighted by atomic mass is 10.1. The van der Waals surface area contributed by atoms with Crippen molar-refractivity contribution in [2.45, 2.75) is 26.4 Å². The fourth-order valence-electron chi connectivity index (χ4n) is 2.78. The highest BCUT2D eigenvalue weighted by atomic mass is 35.5. The molecule has 0 aliphatic heterocycles. The normalized spacial score (nSPS) is 12.0. The van der Waals surface area contributed by atoms with Crippen LogP contribution in [0.5, 0.6) is 0 Å². The summed E-state index contributed by atoms with van der Waals surface area (Å²) in [7, 11) is 0. The molecule has 0 saturated carbocycles. The molecule has 1 aromatic heterocycles. The third-order valence-corrected chi connectivity index (χ3v) is 4.89. The minimum Gasteiger partial charge on any atom is -0.345 e. The van der Waals surface area contributed by atoms with Crippen molar-refractivity contribution in [1.82, 2.24) is 15.1 Å². The molecule has 1 atom stereocenters. The number of rotatable bonds is 5. The van der Waals surface area contributed by atoms with Gasteiger partial charge in [0, 0.05) is 5.02 Å². The number of carbonyl (C=O) groups excluding carboxylic acids is 1. The smallest absolute Gasteiger partial charge is 0.256 e. The van der Waals surface area contributed by atoms with Gasteiger partial charge in [0.05, 0.1) is 23.8 Å². The average molecular weight is 406 g/mol. The zero-order valence-corrected chi connectivity index (χ0v) is 16.4. The summed E-state index contributed by atoms with van der Waals surface area (Å²) < 4.78 is 14.6. The second kappa shape index (κ2) is 8.11. The van der Waals surface area contributed by atoms with Crippen LogP contribution < -0.4 is 5.32 Å². The first kappa shape index (κ1) is 19.4. The molecule has 0 radical (unpaired) electrons. The molecule has 0 saturated heterocycles. The molecule has 1 N–H and O–H groups in total. The molecule has 2 aromatic carbocycles. The highest BCUT2D eigenvalue weighted by Crippen LogP contribution is 2.23. The van der Waals surface area contributed by atoms with E-state index in [0.29, 0.717) is 22.8 Å². The lowest BCUT2D eigenvalue weighted by Gasteiger charge is -2.14. The molecule has 27 heavy (non-hydrogen) atoms. The van der Waals surface area contributed by atoms with Gasteiger partial charge in [-0.3, -0.25) is 4.79 Å². The van der Waals surface area contributed by atoms with Crippen molar-refractivity contribution in [3.05, 3.63) is 86.9 Å². The molecule has 0 bridgehead atoms. The standard InChI is InChI=1S/C20H18Cl2FN3O/c1-12(15-5-7-16(21)8-6-15)24-20(27)18-13(2)25-26(19(18)22)11-14-3-9-17(23)10-4-14/h3-10,12H,11H2,1-2H3,(H,24,27). The maximum absolute atomic E-state index is 13.1. The average Bonchev–Trinajstić information content (AvgIpc) is 2.91. The molecule has 0 aliphatic carbocycles. The predicted molar refractivity (Wildman–Crippen MR) is 105 cm³/mol. The van der Waals surface area contributed by atoms with Crippen molar-refractivity contribution in [1.29, 1.82) is 0 Å². The van der Waals surface area contributed by atoms with E-state index in [1.807, 2.05) is 19.1 Å². The van der Waals surface area contributed by atoms with Gasteiger partial charge in [-0.25, -0.2) is 9.07 Å². The number of nitrogens with one attached hydrogen (secondary N) is 1. The third-order valence-electron chi connectivity index (χ3n) is 4.26. The fourth-order valence-corrected chi connectivity index (χ4v) is 3.23. The van der Waals surface area contributed by atoms with E-state index in [0.717, 1.165) is 11.1 Å². The van der Waals surface area contributed by atoms with Gasteiger partial charge in [-0.1, -0.05) is 47.5 Å². The Morgan fingerprint density at radius 1 is 1.15 bits per heavy atom. The number of aromatic nitrogens is 2. The van der Waals surface area contributed by atoms with Gasteiger partial charge in [0.2, 0.25) is 0 Å². The summed E-state index contributed by atoms with van der Waals surface area (Å²) in [5, 5.41) is 8.17. The Morgan fingerprint density at radius 2 is 1.78 bits per heavy atom. The Bertz CT molecular complexity index is 953. The largest absolute Gasteiger partial charge is 0.345 e. The van der Waals surface area contributed by atoms with Gasteiger partial charge in [0.15, 0.2) is 0 Å². The number of amides is 1. The summed E-state index contributed by atoms with van der Waals surface area (Å²) in [5.41, 5.74) is 2.63. The molecule has 1 unspecified atom stereocenters. The summed E-state index contributed by atoms with van der Waals surface area (Å²) in [6.07, 6.45) is 0. The number of hydrogen-bond donors (Lipinski definition) is 1. The molecule has 3 aromatic rings. The van der Waals surface area contributed by atoms with Gasteiger partial charge in [-0.05, 0) is 49.2 Å². The molecule has 0 aliphatic rings. The number of nitrogens with zero attached hydrogens (tertiary/aromatic N) is 2. The van der Waals surface area contributed by atoms with E-state index in [2.05, 4.69) is 10.4 Å². The zero-order valence-electron chi connectivity index (χ0n) is 14.8. The van der Waals surface area contributed by atoms with E-state index >= 15 is 0 Å². The second-order valence-corrected chi connectivity index (χ2v) is 7.08. The van der Waals surface area contributed by atoms with Crippen LogP contribution in [0.1, 0.15) is 40.1 Å². The van der Waals surface area contributed by atoms with Gasteiger partial charge in [0.1, 0.15) is 11.0 Å². The summed E-state index contributed by atoms with van der Waals surface area (Å²) in [6.45, 7) is 3.96. The van der Waals surface area contributed by atoms with Crippen molar-refractivity contribution in [2.75, 3.05) is 0 Å². The van der Waals surface area contributed by atoms with E-state index in [1.165, 1.54) is 16.8 Å². The monoisotopic (exact) mass is 405 g/mol. The quantitative estimate of drug-likeness (QED) is 0.635. The van der Waals surface area contributed by atoms with Crippen LogP contribution in [0.3, 0.4) is 0 Å². The van der Waals surface area contributed by atoms with Gasteiger partial charge in [0.25, 0.3) is 5.91 Å².